The molecule has 1 amide bonds. The van der Waals surface area contributed by atoms with Crippen LogP contribution < -0.4 is 5.32 Å². The predicted octanol–water partition coefficient (Wildman–Crippen LogP) is 2.80. The van der Waals surface area contributed by atoms with Crippen molar-refractivity contribution in [3.05, 3.63) is 52.3 Å². The maximum atomic E-state index is 13.7. The van der Waals surface area contributed by atoms with E-state index in [0.29, 0.717) is 5.82 Å². The Morgan fingerprint density at radius 1 is 1.56 bits per heavy atom. The van der Waals surface area contributed by atoms with Gasteiger partial charge >= 0.3 is 0 Å². The average molecular weight is 312 g/mol. The lowest BCUT2D eigenvalue weighted by atomic mass is 10.2. The standard InChI is InChI=1S/C12H11BrFN3O/c1-7(11-15-5-6-16-11)17-12(18)8-3-2-4-9(13)10(8)14/h2-7H,1H3,(H,15,16)(H,17,18). The number of rotatable bonds is 3. The van der Waals surface area contributed by atoms with Gasteiger partial charge in [0.15, 0.2) is 0 Å². The molecule has 0 aliphatic carbocycles. The minimum atomic E-state index is -0.568. The van der Waals surface area contributed by atoms with Gasteiger partial charge in [0, 0.05) is 12.4 Å². The van der Waals surface area contributed by atoms with Crippen molar-refractivity contribution < 1.29 is 9.18 Å². The zero-order valence-electron chi connectivity index (χ0n) is 9.58. The number of carbonyl (C=O) groups is 1. The first kappa shape index (κ1) is 12.8. The molecule has 1 aromatic carbocycles. The molecule has 0 aliphatic rings. The van der Waals surface area contributed by atoms with E-state index >= 15 is 0 Å². The van der Waals surface area contributed by atoms with Gasteiger partial charge in [-0.3, -0.25) is 4.79 Å². The number of halogens is 2. The lowest BCUT2D eigenvalue weighted by Gasteiger charge is -2.12. The Kier molecular flexibility index (Phi) is 3.76. The SMILES string of the molecule is CC(NC(=O)c1cccc(Br)c1F)c1ncc[nH]1. The van der Waals surface area contributed by atoms with Gasteiger partial charge in [0.2, 0.25) is 0 Å². The number of imidazole rings is 1. The molecule has 0 radical (unpaired) electrons. The van der Waals surface area contributed by atoms with Gasteiger partial charge in [0.1, 0.15) is 11.6 Å². The highest BCUT2D eigenvalue weighted by Gasteiger charge is 2.17. The van der Waals surface area contributed by atoms with Gasteiger partial charge in [-0.2, -0.15) is 0 Å². The Balaban J connectivity index is 2.15. The second kappa shape index (κ2) is 5.30. The van der Waals surface area contributed by atoms with Crippen molar-refractivity contribution in [2.24, 2.45) is 0 Å². The lowest BCUT2D eigenvalue weighted by molar-refractivity contribution is 0.0934. The molecule has 94 valence electrons. The normalized spacial score (nSPS) is 12.2. The lowest BCUT2D eigenvalue weighted by Crippen LogP contribution is -2.28. The maximum Gasteiger partial charge on any atom is 0.254 e. The highest BCUT2D eigenvalue weighted by atomic mass is 79.9. The molecule has 2 aromatic rings. The van der Waals surface area contributed by atoms with Gasteiger partial charge in [-0.05, 0) is 35.0 Å². The Morgan fingerprint density at radius 3 is 3.00 bits per heavy atom. The molecule has 2 rings (SSSR count). The smallest absolute Gasteiger partial charge is 0.254 e. The zero-order chi connectivity index (χ0) is 13.1. The van der Waals surface area contributed by atoms with Crippen LogP contribution in [-0.2, 0) is 0 Å². The van der Waals surface area contributed by atoms with E-state index in [1.165, 1.54) is 6.07 Å². The fourth-order valence-corrected chi connectivity index (χ4v) is 1.90. The molecule has 1 unspecified atom stereocenters. The summed E-state index contributed by atoms with van der Waals surface area (Å²) in [6.45, 7) is 1.77. The molecular weight excluding hydrogens is 301 g/mol. The average Bonchev–Trinajstić information content (AvgIpc) is 2.86. The molecule has 4 nitrogen and oxygen atoms in total. The van der Waals surface area contributed by atoms with Crippen molar-refractivity contribution in [2.75, 3.05) is 0 Å². The molecule has 1 aromatic heterocycles. The first-order chi connectivity index (χ1) is 8.59. The third-order valence-corrected chi connectivity index (χ3v) is 3.09. The van der Waals surface area contributed by atoms with Crippen LogP contribution in [0.15, 0.2) is 35.1 Å². The molecule has 0 saturated heterocycles. The Bertz CT molecular complexity index is 556. The summed E-state index contributed by atoms with van der Waals surface area (Å²) in [6, 6.07) is 4.28. The summed E-state index contributed by atoms with van der Waals surface area (Å²) in [5.41, 5.74) is 0.00258. The highest BCUT2D eigenvalue weighted by molar-refractivity contribution is 9.10. The number of benzene rings is 1. The van der Waals surface area contributed by atoms with E-state index in [4.69, 9.17) is 0 Å². The van der Waals surface area contributed by atoms with Crippen molar-refractivity contribution in [1.82, 2.24) is 15.3 Å². The molecule has 0 spiro atoms. The van der Waals surface area contributed by atoms with Gasteiger partial charge in [-0.25, -0.2) is 9.37 Å². The highest BCUT2D eigenvalue weighted by Crippen LogP contribution is 2.19. The predicted molar refractivity (Wildman–Crippen MR) is 68.6 cm³/mol. The van der Waals surface area contributed by atoms with E-state index in [-0.39, 0.29) is 16.1 Å². The Morgan fingerprint density at radius 2 is 2.33 bits per heavy atom. The summed E-state index contributed by atoms with van der Waals surface area (Å²) >= 11 is 3.05. The zero-order valence-corrected chi connectivity index (χ0v) is 11.2. The maximum absolute atomic E-state index is 13.7. The summed E-state index contributed by atoms with van der Waals surface area (Å²) in [4.78, 5) is 18.8. The van der Waals surface area contributed by atoms with Gasteiger partial charge in [0.05, 0.1) is 16.1 Å². The van der Waals surface area contributed by atoms with Crippen molar-refractivity contribution in [1.29, 1.82) is 0 Å². The van der Waals surface area contributed by atoms with Crippen LogP contribution in [0.4, 0.5) is 4.39 Å². The molecule has 0 fully saturated rings. The molecule has 0 bridgehead atoms. The van der Waals surface area contributed by atoms with Gasteiger partial charge < -0.3 is 10.3 Å². The van der Waals surface area contributed by atoms with Crippen molar-refractivity contribution in [2.45, 2.75) is 13.0 Å². The van der Waals surface area contributed by atoms with Crippen LogP contribution in [-0.4, -0.2) is 15.9 Å². The minimum absolute atomic E-state index is 0.00258. The van der Waals surface area contributed by atoms with Crippen molar-refractivity contribution >= 4 is 21.8 Å². The van der Waals surface area contributed by atoms with E-state index in [2.05, 4.69) is 31.2 Å². The third kappa shape index (κ3) is 2.59. The number of nitrogens with one attached hydrogen (secondary N) is 2. The molecule has 6 heteroatoms. The Labute approximate surface area is 112 Å². The summed E-state index contributed by atoms with van der Waals surface area (Å²) in [5, 5.41) is 2.67. The topological polar surface area (TPSA) is 57.8 Å². The second-order valence-electron chi connectivity index (χ2n) is 3.77. The summed E-state index contributed by atoms with van der Waals surface area (Å²) in [5.74, 6) is -0.418. The Hall–Kier alpha value is -1.69. The second-order valence-corrected chi connectivity index (χ2v) is 4.63. The summed E-state index contributed by atoms with van der Waals surface area (Å²) in [6.07, 6.45) is 3.26. The van der Waals surface area contributed by atoms with Crippen LogP contribution in [0, 0.1) is 5.82 Å². The van der Waals surface area contributed by atoms with E-state index < -0.39 is 11.7 Å². The molecule has 18 heavy (non-hydrogen) atoms. The number of amides is 1. The number of hydrogen-bond donors (Lipinski definition) is 2. The van der Waals surface area contributed by atoms with Crippen molar-refractivity contribution in [3.63, 3.8) is 0 Å². The number of aromatic nitrogens is 2. The monoisotopic (exact) mass is 311 g/mol. The number of aromatic amines is 1. The van der Waals surface area contributed by atoms with E-state index in [9.17, 15) is 9.18 Å². The van der Waals surface area contributed by atoms with Gasteiger partial charge in [-0.1, -0.05) is 6.07 Å². The molecule has 2 N–H and O–H groups in total. The minimum Gasteiger partial charge on any atom is -0.347 e. The largest absolute Gasteiger partial charge is 0.347 e. The first-order valence-corrected chi connectivity index (χ1v) is 6.13. The van der Waals surface area contributed by atoms with E-state index in [1.807, 2.05) is 0 Å². The van der Waals surface area contributed by atoms with Crippen LogP contribution in [0.5, 0.6) is 0 Å². The summed E-state index contributed by atoms with van der Waals surface area (Å²) < 4.78 is 14.0. The number of H-pyrrole nitrogens is 1. The van der Waals surface area contributed by atoms with Crippen LogP contribution >= 0.6 is 15.9 Å². The number of carbonyl (C=O) groups excluding carboxylic acids is 1. The number of nitrogens with zero attached hydrogens (tertiary/aromatic N) is 1. The fraction of sp³-hybridized carbons (Fsp3) is 0.167. The fourth-order valence-electron chi connectivity index (χ4n) is 1.54. The molecule has 1 heterocycles. The van der Waals surface area contributed by atoms with Crippen LogP contribution in [0.1, 0.15) is 29.1 Å². The van der Waals surface area contributed by atoms with Crippen LogP contribution in [0.25, 0.3) is 0 Å². The van der Waals surface area contributed by atoms with E-state index in [0.717, 1.165) is 0 Å². The first-order valence-electron chi connectivity index (χ1n) is 5.33. The van der Waals surface area contributed by atoms with Crippen molar-refractivity contribution in [3.8, 4) is 0 Å². The molecule has 1 atom stereocenters. The number of hydrogen-bond acceptors (Lipinski definition) is 2. The molecular formula is C12H11BrFN3O. The van der Waals surface area contributed by atoms with Crippen LogP contribution in [0.2, 0.25) is 0 Å². The van der Waals surface area contributed by atoms with Gasteiger partial charge in [0.25, 0.3) is 5.91 Å². The molecule has 0 saturated carbocycles. The quantitative estimate of drug-likeness (QED) is 0.915. The summed E-state index contributed by atoms with van der Waals surface area (Å²) in [7, 11) is 0. The van der Waals surface area contributed by atoms with Crippen LogP contribution in [0.3, 0.4) is 0 Å². The molecule has 0 aliphatic heterocycles. The van der Waals surface area contributed by atoms with Gasteiger partial charge in [-0.15, -0.1) is 0 Å². The van der Waals surface area contributed by atoms with E-state index in [1.54, 1.807) is 31.5 Å². The third-order valence-electron chi connectivity index (χ3n) is 2.47.